The number of anilines is 2. The van der Waals surface area contributed by atoms with Crippen molar-refractivity contribution in [3.05, 3.63) is 63.3 Å². The molecular weight excluding hydrogens is 342 g/mol. The molecule has 0 bridgehead atoms. The Labute approximate surface area is 171 Å². The molecular formula is C25H37N3. The standard InChI is InChI=1S/C25H37N3/c1-6-11-22(26)23(20-14-12-16(7-2)18(9-4)24(20)27)21-15-13-17(8-3)19(10-5)25(21)28/h12-15H,6-11,26-28H2,1-5H3. The van der Waals surface area contributed by atoms with Crippen molar-refractivity contribution in [2.45, 2.75) is 73.1 Å². The van der Waals surface area contributed by atoms with E-state index in [1.54, 1.807) is 0 Å². The second-order valence-corrected chi connectivity index (χ2v) is 7.39. The van der Waals surface area contributed by atoms with E-state index in [2.05, 4.69) is 58.9 Å². The molecule has 28 heavy (non-hydrogen) atoms. The van der Waals surface area contributed by atoms with Crippen molar-refractivity contribution < 1.29 is 0 Å². The molecule has 2 aromatic rings. The maximum Gasteiger partial charge on any atom is 0.0429 e. The smallest absolute Gasteiger partial charge is 0.0429 e. The number of hydrogen-bond donors (Lipinski definition) is 3. The zero-order valence-corrected chi connectivity index (χ0v) is 18.3. The summed E-state index contributed by atoms with van der Waals surface area (Å²) in [4.78, 5) is 0. The van der Waals surface area contributed by atoms with Crippen LogP contribution in [0.2, 0.25) is 0 Å². The van der Waals surface area contributed by atoms with E-state index in [-0.39, 0.29) is 0 Å². The van der Waals surface area contributed by atoms with Crippen molar-refractivity contribution in [2.75, 3.05) is 11.5 Å². The summed E-state index contributed by atoms with van der Waals surface area (Å²) in [5.74, 6) is 0. The number of allylic oxidation sites excluding steroid dienone is 1. The van der Waals surface area contributed by atoms with Gasteiger partial charge in [-0.1, -0.05) is 65.3 Å². The third-order valence-electron chi connectivity index (χ3n) is 5.76. The van der Waals surface area contributed by atoms with E-state index in [4.69, 9.17) is 17.2 Å². The highest BCUT2D eigenvalue weighted by Crippen LogP contribution is 2.38. The van der Waals surface area contributed by atoms with Gasteiger partial charge in [0.25, 0.3) is 0 Å². The molecule has 0 atom stereocenters. The number of nitrogen functional groups attached to an aromatic ring is 2. The highest BCUT2D eigenvalue weighted by molar-refractivity contribution is 5.93. The number of rotatable bonds is 8. The van der Waals surface area contributed by atoms with Crippen LogP contribution in [0.3, 0.4) is 0 Å². The maximum absolute atomic E-state index is 6.69. The van der Waals surface area contributed by atoms with E-state index in [0.29, 0.717) is 0 Å². The predicted molar refractivity (Wildman–Crippen MR) is 124 cm³/mol. The van der Waals surface area contributed by atoms with Gasteiger partial charge in [0.15, 0.2) is 0 Å². The average molecular weight is 380 g/mol. The Bertz CT molecular complexity index is 799. The second kappa shape index (κ2) is 9.68. The van der Waals surface area contributed by atoms with Crippen LogP contribution in [-0.2, 0) is 25.7 Å². The van der Waals surface area contributed by atoms with Crippen LogP contribution < -0.4 is 17.2 Å². The minimum absolute atomic E-state index is 0.822. The fraction of sp³-hybridized carbons (Fsp3) is 0.440. The van der Waals surface area contributed by atoms with E-state index in [1.165, 1.54) is 22.3 Å². The quantitative estimate of drug-likeness (QED) is 0.521. The fourth-order valence-electron chi connectivity index (χ4n) is 4.24. The van der Waals surface area contributed by atoms with Crippen molar-refractivity contribution >= 4 is 16.9 Å². The zero-order valence-electron chi connectivity index (χ0n) is 18.3. The molecule has 152 valence electrons. The Morgan fingerprint density at radius 1 is 0.679 bits per heavy atom. The molecule has 0 heterocycles. The molecule has 0 unspecified atom stereocenters. The summed E-state index contributed by atoms with van der Waals surface area (Å²) in [5, 5.41) is 0. The molecule has 0 saturated heterocycles. The third kappa shape index (κ3) is 4.04. The lowest BCUT2D eigenvalue weighted by atomic mass is 9.86. The highest BCUT2D eigenvalue weighted by atomic mass is 14.6. The number of hydrogen-bond acceptors (Lipinski definition) is 3. The fourth-order valence-corrected chi connectivity index (χ4v) is 4.24. The van der Waals surface area contributed by atoms with Crippen LogP contribution in [-0.4, -0.2) is 0 Å². The summed E-state index contributed by atoms with van der Waals surface area (Å²) in [7, 11) is 0. The summed E-state index contributed by atoms with van der Waals surface area (Å²) >= 11 is 0. The lowest BCUT2D eigenvalue weighted by molar-refractivity contribution is 0.895. The molecule has 0 fully saturated rings. The average Bonchev–Trinajstić information content (AvgIpc) is 2.70. The Hall–Kier alpha value is -2.42. The second-order valence-electron chi connectivity index (χ2n) is 7.39. The van der Waals surface area contributed by atoms with Gasteiger partial charge in [0.2, 0.25) is 0 Å². The van der Waals surface area contributed by atoms with Crippen LogP contribution >= 0.6 is 0 Å². The van der Waals surface area contributed by atoms with Crippen LogP contribution in [0, 0.1) is 0 Å². The molecule has 0 aromatic heterocycles. The van der Waals surface area contributed by atoms with Crippen molar-refractivity contribution in [2.24, 2.45) is 5.73 Å². The maximum atomic E-state index is 6.69. The van der Waals surface area contributed by atoms with E-state index in [1.807, 2.05) is 0 Å². The Morgan fingerprint density at radius 2 is 1.11 bits per heavy atom. The Balaban J connectivity index is 2.83. The van der Waals surface area contributed by atoms with Crippen LogP contribution in [0.15, 0.2) is 30.0 Å². The van der Waals surface area contributed by atoms with Gasteiger partial charge in [0.1, 0.15) is 0 Å². The minimum atomic E-state index is 0.822. The molecule has 0 aliphatic heterocycles. The molecule has 6 N–H and O–H groups in total. The Kier molecular flexibility index (Phi) is 7.56. The van der Waals surface area contributed by atoms with E-state index in [0.717, 1.165) is 72.3 Å². The number of nitrogens with two attached hydrogens (primary N) is 3. The molecule has 2 aromatic carbocycles. The first kappa shape index (κ1) is 21.9. The van der Waals surface area contributed by atoms with Crippen molar-refractivity contribution in [1.82, 2.24) is 0 Å². The number of benzene rings is 2. The largest absolute Gasteiger partial charge is 0.402 e. The summed E-state index contributed by atoms with van der Waals surface area (Å²) in [6.45, 7) is 10.8. The highest BCUT2D eigenvalue weighted by Gasteiger charge is 2.20. The van der Waals surface area contributed by atoms with Crippen molar-refractivity contribution in [1.29, 1.82) is 0 Å². The van der Waals surface area contributed by atoms with Gasteiger partial charge in [-0.05, 0) is 54.4 Å². The first-order valence-corrected chi connectivity index (χ1v) is 10.7. The third-order valence-corrected chi connectivity index (χ3v) is 5.76. The Morgan fingerprint density at radius 3 is 1.43 bits per heavy atom. The summed E-state index contributed by atoms with van der Waals surface area (Å²) < 4.78 is 0. The molecule has 0 amide bonds. The normalized spacial score (nSPS) is 10.9. The first-order valence-electron chi connectivity index (χ1n) is 10.7. The number of aryl methyl sites for hydroxylation is 2. The van der Waals surface area contributed by atoms with E-state index < -0.39 is 0 Å². The van der Waals surface area contributed by atoms with Gasteiger partial charge in [-0.15, -0.1) is 0 Å². The van der Waals surface area contributed by atoms with E-state index in [9.17, 15) is 0 Å². The molecule has 0 aliphatic rings. The van der Waals surface area contributed by atoms with Gasteiger partial charge < -0.3 is 17.2 Å². The van der Waals surface area contributed by atoms with Crippen LogP contribution in [0.25, 0.3) is 5.57 Å². The van der Waals surface area contributed by atoms with Crippen molar-refractivity contribution in [3.63, 3.8) is 0 Å². The predicted octanol–water partition coefficient (Wildman–Crippen LogP) is 5.62. The van der Waals surface area contributed by atoms with Gasteiger partial charge >= 0.3 is 0 Å². The lowest BCUT2D eigenvalue weighted by Gasteiger charge is -2.22. The summed E-state index contributed by atoms with van der Waals surface area (Å²) in [6, 6.07) is 8.65. The SMILES string of the molecule is CCCC(N)=C(c1ccc(CC)c(CC)c1N)c1ccc(CC)c(CC)c1N. The summed E-state index contributed by atoms with van der Waals surface area (Å²) in [5.41, 5.74) is 30.6. The molecule has 0 saturated carbocycles. The zero-order chi connectivity index (χ0) is 20.8. The van der Waals surface area contributed by atoms with Gasteiger partial charge in [-0.25, -0.2) is 0 Å². The van der Waals surface area contributed by atoms with Gasteiger partial charge in [-0.3, -0.25) is 0 Å². The molecule has 3 heteroatoms. The van der Waals surface area contributed by atoms with Gasteiger partial charge in [0.05, 0.1) is 0 Å². The van der Waals surface area contributed by atoms with Crippen molar-refractivity contribution in [3.8, 4) is 0 Å². The van der Waals surface area contributed by atoms with Crippen LogP contribution in [0.1, 0.15) is 80.8 Å². The lowest BCUT2D eigenvalue weighted by Crippen LogP contribution is -2.11. The molecule has 2 rings (SSSR count). The first-order chi connectivity index (χ1) is 13.4. The van der Waals surface area contributed by atoms with E-state index >= 15 is 0 Å². The summed E-state index contributed by atoms with van der Waals surface area (Å²) in [6.07, 6.45) is 5.58. The van der Waals surface area contributed by atoms with Crippen LogP contribution in [0.5, 0.6) is 0 Å². The molecule has 0 spiro atoms. The topological polar surface area (TPSA) is 78.1 Å². The monoisotopic (exact) mass is 379 g/mol. The molecule has 0 aliphatic carbocycles. The minimum Gasteiger partial charge on any atom is -0.402 e. The van der Waals surface area contributed by atoms with Gasteiger partial charge in [-0.2, -0.15) is 0 Å². The molecule has 3 nitrogen and oxygen atoms in total. The van der Waals surface area contributed by atoms with Gasteiger partial charge in [0, 0.05) is 33.8 Å². The van der Waals surface area contributed by atoms with Crippen LogP contribution in [0.4, 0.5) is 11.4 Å². The molecule has 0 radical (unpaired) electrons.